The van der Waals surface area contributed by atoms with Crippen molar-refractivity contribution in [1.82, 2.24) is 9.88 Å². The third-order valence-corrected chi connectivity index (χ3v) is 4.43. The molecule has 1 aromatic carbocycles. The Labute approximate surface area is 176 Å². The molecule has 2 heterocycles. The molecule has 1 N–H and O–H groups in total. The van der Waals surface area contributed by atoms with Crippen LogP contribution < -0.4 is 4.90 Å². The van der Waals surface area contributed by atoms with Gasteiger partial charge in [0.05, 0.1) is 5.56 Å². The number of carbonyl (C=O) groups excluding carboxylic acids is 1. The molecule has 3 rings (SSSR count). The van der Waals surface area contributed by atoms with E-state index in [-0.39, 0.29) is 42.6 Å². The Hall–Kier alpha value is -2.17. The number of carboxylic acids is 1. The number of nitrogens with zero attached hydrogens (tertiary/aromatic N) is 3. The number of carbonyl (C=O) groups is 2. The van der Waals surface area contributed by atoms with Gasteiger partial charge in [0, 0.05) is 25.2 Å². The molecular formula is C19H26LiN3O5. The quantitative estimate of drug-likeness (QED) is 0.797. The van der Waals surface area contributed by atoms with Gasteiger partial charge in [-0.2, -0.15) is 4.98 Å². The number of rotatable bonds is 2. The van der Waals surface area contributed by atoms with Gasteiger partial charge < -0.3 is 24.1 Å². The van der Waals surface area contributed by atoms with Crippen LogP contribution in [0.15, 0.2) is 22.6 Å². The molecule has 2 atom stereocenters. The molecule has 28 heavy (non-hydrogen) atoms. The summed E-state index contributed by atoms with van der Waals surface area (Å²) >= 11 is 0. The van der Waals surface area contributed by atoms with E-state index in [0.29, 0.717) is 30.2 Å². The molecule has 1 saturated heterocycles. The zero-order chi connectivity index (χ0) is 19.9. The van der Waals surface area contributed by atoms with Gasteiger partial charge >= 0.3 is 30.9 Å². The van der Waals surface area contributed by atoms with E-state index in [1.54, 1.807) is 17.0 Å². The summed E-state index contributed by atoms with van der Waals surface area (Å²) in [6, 6.07) is 5.07. The van der Waals surface area contributed by atoms with Crippen molar-refractivity contribution >= 4 is 48.0 Å². The molecule has 0 bridgehead atoms. The summed E-state index contributed by atoms with van der Waals surface area (Å²) in [4.78, 5) is 31.9. The number of ether oxygens (including phenoxy) is 1. The maximum atomic E-state index is 12.4. The molecule has 148 valence electrons. The number of aromatic carboxylic acids is 1. The van der Waals surface area contributed by atoms with Crippen molar-refractivity contribution in [2.75, 3.05) is 18.0 Å². The average molecular weight is 383 g/mol. The zero-order valence-electron chi connectivity index (χ0n) is 16.2. The molecule has 0 aliphatic carbocycles. The third kappa shape index (κ3) is 4.45. The topological polar surface area (TPSA) is 96.1 Å². The Morgan fingerprint density at radius 2 is 1.82 bits per heavy atom. The first-order chi connectivity index (χ1) is 12.6. The van der Waals surface area contributed by atoms with E-state index in [2.05, 4.69) is 4.98 Å². The second-order valence-corrected chi connectivity index (χ2v) is 7.94. The molecule has 1 aliphatic heterocycles. The first-order valence-corrected chi connectivity index (χ1v) is 8.96. The van der Waals surface area contributed by atoms with E-state index in [0.717, 1.165) is 0 Å². The van der Waals surface area contributed by atoms with Crippen LogP contribution in [0, 0.1) is 0 Å². The van der Waals surface area contributed by atoms with Gasteiger partial charge in [0.25, 0.3) is 6.01 Å². The number of oxazole rings is 1. The van der Waals surface area contributed by atoms with Crippen LogP contribution in [0.5, 0.6) is 0 Å². The Balaban J connectivity index is 0.00000280. The van der Waals surface area contributed by atoms with Gasteiger partial charge in [0.15, 0.2) is 5.58 Å². The van der Waals surface area contributed by atoms with Crippen LogP contribution >= 0.6 is 0 Å². The van der Waals surface area contributed by atoms with Crippen LogP contribution in [-0.4, -0.2) is 76.7 Å². The number of para-hydroxylation sites is 1. The van der Waals surface area contributed by atoms with Crippen molar-refractivity contribution in [3.8, 4) is 0 Å². The SMILES string of the molecule is C[C@@H]1CN(C(=O)OC(C)(C)C)C[C@@H](C)N1c1nc2c(C(=O)O)cccc2o1.[LiH]. The molecule has 1 amide bonds. The van der Waals surface area contributed by atoms with E-state index >= 15 is 0 Å². The van der Waals surface area contributed by atoms with Gasteiger partial charge in [0.1, 0.15) is 11.1 Å². The fourth-order valence-corrected chi connectivity index (χ4v) is 3.40. The number of hydrogen-bond donors (Lipinski definition) is 1. The molecule has 9 heteroatoms. The Kier molecular flexibility index (Phi) is 6.36. The van der Waals surface area contributed by atoms with Crippen molar-refractivity contribution in [2.45, 2.75) is 52.3 Å². The summed E-state index contributed by atoms with van der Waals surface area (Å²) in [6.07, 6.45) is -0.341. The van der Waals surface area contributed by atoms with Gasteiger partial charge in [-0.3, -0.25) is 0 Å². The van der Waals surface area contributed by atoms with Crippen molar-refractivity contribution in [3.63, 3.8) is 0 Å². The van der Waals surface area contributed by atoms with Gasteiger partial charge in [-0.05, 0) is 46.8 Å². The summed E-state index contributed by atoms with van der Waals surface area (Å²) in [5.41, 5.74) is 0.317. The number of aromatic nitrogens is 1. The molecule has 2 aromatic rings. The van der Waals surface area contributed by atoms with Crippen LogP contribution in [-0.2, 0) is 4.74 Å². The Morgan fingerprint density at radius 1 is 1.21 bits per heavy atom. The minimum atomic E-state index is -1.05. The predicted molar refractivity (Wildman–Crippen MR) is 107 cm³/mol. The average Bonchev–Trinajstić information content (AvgIpc) is 2.95. The Bertz CT molecular complexity index is 864. The normalized spacial score (nSPS) is 20.0. The number of amides is 1. The second kappa shape index (κ2) is 8.06. The van der Waals surface area contributed by atoms with Crippen molar-refractivity contribution in [2.24, 2.45) is 0 Å². The van der Waals surface area contributed by atoms with Crippen LogP contribution in [0.25, 0.3) is 11.1 Å². The first kappa shape index (κ1) is 22.1. The van der Waals surface area contributed by atoms with Crippen LogP contribution in [0.3, 0.4) is 0 Å². The van der Waals surface area contributed by atoms with Crippen molar-refractivity contribution < 1.29 is 23.8 Å². The molecule has 0 radical (unpaired) electrons. The van der Waals surface area contributed by atoms with Gasteiger partial charge in [-0.1, -0.05) is 6.07 Å². The molecule has 1 fully saturated rings. The number of benzene rings is 1. The fourth-order valence-electron chi connectivity index (χ4n) is 3.40. The molecular weight excluding hydrogens is 357 g/mol. The monoisotopic (exact) mass is 383 g/mol. The minimum absolute atomic E-state index is 0. The molecule has 0 spiro atoms. The number of fused-ring (bicyclic) bond motifs is 1. The number of piperazine rings is 1. The first-order valence-electron chi connectivity index (χ1n) is 8.96. The van der Waals surface area contributed by atoms with Crippen LogP contribution in [0.2, 0.25) is 0 Å². The number of carboxylic acid groups (broad SMARTS) is 1. The molecule has 1 aromatic heterocycles. The van der Waals surface area contributed by atoms with E-state index in [1.165, 1.54) is 6.07 Å². The summed E-state index contributed by atoms with van der Waals surface area (Å²) in [6.45, 7) is 10.4. The molecule has 0 saturated carbocycles. The second-order valence-electron chi connectivity index (χ2n) is 7.94. The molecule has 0 unspecified atom stereocenters. The fraction of sp³-hybridized carbons (Fsp3) is 0.526. The summed E-state index contributed by atoms with van der Waals surface area (Å²) in [7, 11) is 0. The van der Waals surface area contributed by atoms with Crippen molar-refractivity contribution in [3.05, 3.63) is 23.8 Å². The number of hydrogen-bond acceptors (Lipinski definition) is 6. The molecule has 1 aliphatic rings. The van der Waals surface area contributed by atoms with Gasteiger partial charge in [-0.15, -0.1) is 0 Å². The third-order valence-electron chi connectivity index (χ3n) is 4.43. The van der Waals surface area contributed by atoms with E-state index < -0.39 is 11.6 Å². The van der Waals surface area contributed by atoms with Gasteiger partial charge in [-0.25, -0.2) is 9.59 Å². The summed E-state index contributed by atoms with van der Waals surface area (Å²) < 4.78 is 11.3. The van der Waals surface area contributed by atoms with Gasteiger partial charge in [0.2, 0.25) is 0 Å². The van der Waals surface area contributed by atoms with Crippen LogP contribution in [0.1, 0.15) is 45.0 Å². The van der Waals surface area contributed by atoms with E-state index in [1.807, 2.05) is 39.5 Å². The molecule has 8 nitrogen and oxygen atoms in total. The maximum absolute atomic E-state index is 12.4. The summed E-state index contributed by atoms with van der Waals surface area (Å²) in [5.74, 6) is -1.05. The van der Waals surface area contributed by atoms with Crippen molar-refractivity contribution in [1.29, 1.82) is 0 Å². The van der Waals surface area contributed by atoms with E-state index in [4.69, 9.17) is 9.15 Å². The standard InChI is InChI=1S/C19H25N3O5.Li.H/c1-11-9-21(18(25)27-19(3,4)5)10-12(2)22(11)17-20-15-13(16(23)24)7-6-8-14(15)26-17;;/h6-8,11-12H,9-10H2,1-5H3,(H,23,24);;/t11-,12-;;/m1../s1. The Morgan fingerprint density at radius 3 is 2.36 bits per heavy atom. The van der Waals surface area contributed by atoms with Crippen LogP contribution in [0.4, 0.5) is 10.8 Å². The predicted octanol–water partition coefficient (Wildman–Crippen LogP) is 2.71. The van der Waals surface area contributed by atoms with E-state index in [9.17, 15) is 14.7 Å². The zero-order valence-corrected chi connectivity index (χ0v) is 16.2. The summed E-state index contributed by atoms with van der Waals surface area (Å²) in [5, 5.41) is 9.34. The number of anilines is 1.